The first kappa shape index (κ1) is 12.7. The molecule has 1 N–H and O–H groups in total. The molecular weight excluding hydrogens is 249 g/mol. The van der Waals surface area contributed by atoms with Crippen molar-refractivity contribution in [1.29, 1.82) is 0 Å². The molecule has 18 heavy (non-hydrogen) atoms. The lowest BCUT2D eigenvalue weighted by atomic mass is 9.64. The van der Waals surface area contributed by atoms with Gasteiger partial charge in [-0.15, -0.1) is 0 Å². The third kappa shape index (κ3) is 1.55. The highest BCUT2D eigenvalue weighted by Crippen LogP contribution is 2.49. The number of hydrogen-bond acceptors (Lipinski definition) is 2. The molecular formula is C12H11F3O3. The molecule has 1 fully saturated rings. The second-order valence-corrected chi connectivity index (χ2v) is 4.30. The van der Waals surface area contributed by atoms with E-state index in [-0.39, 0.29) is 12.8 Å². The smallest absolute Gasteiger partial charge is 0.314 e. The number of aliphatic carboxylic acids is 1. The summed E-state index contributed by atoms with van der Waals surface area (Å²) >= 11 is 0. The average molecular weight is 260 g/mol. The van der Waals surface area contributed by atoms with E-state index in [2.05, 4.69) is 0 Å². The van der Waals surface area contributed by atoms with Crippen LogP contribution in [0.15, 0.2) is 6.07 Å². The number of benzene rings is 1. The van der Waals surface area contributed by atoms with Gasteiger partial charge in [0.15, 0.2) is 23.2 Å². The number of rotatable bonds is 3. The van der Waals surface area contributed by atoms with Gasteiger partial charge in [-0.1, -0.05) is 6.42 Å². The second kappa shape index (κ2) is 4.19. The summed E-state index contributed by atoms with van der Waals surface area (Å²) < 4.78 is 45.3. The molecule has 1 aliphatic rings. The van der Waals surface area contributed by atoms with Gasteiger partial charge in [-0.2, -0.15) is 0 Å². The molecule has 1 aromatic carbocycles. The minimum Gasteiger partial charge on any atom is -0.493 e. The molecule has 1 aliphatic carbocycles. The standard InChI is InChI=1S/C12H11F3O3/c1-18-10-7(14)5-6(13)9(15)8(10)12(11(16)17)3-2-4-12/h5H,2-4H2,1H3,(H,16,17). The van der Waals surface area contributed by atoms with Crippen LogP contribution in [0.5, 0.6) is 5.75 Å². The van der Waals surface area contributed by atoms with E-state index in [1.54, 1.807) is 0 Å². The molecule has 0 saturated heterocycles. The predicted octanol–water partition coefficient (Wildman–Crippen LogP) is 2.62. The maximum absolute atomic E-state index is 13.8. The van der Waals surface area contributed by atoms with Crippen LogP contribution in [-0.2, 0) is 10.2 Å². The number of ether oxygens (including phenoxy) is 1. The van der Waals surface area contributed by atoms with Gasteiger partial charge in [0.05, 0.1) is 18.1 Å². The van der Waals surface area contributed by atoms with Crippen molar-refractivity contribution in [2.45, 2.75) is 24.7 Å². The molecule has 3 nitrogen and oxygen atoms in total. The first-order valence-corrected chi connectivity index (χ1v) is 5.39. The average Bonchev–Trinajstić information content (AvgIpc) is 2.23. The van der Waals surface area contributed by atoms with Crippen LogP contribution in [0.4, 0.5) is 13.2 Å². The molecule has 0 aromatic heterocycles. The van der Waals surface area contributed by atoms with Gasteiger partial charge in [0.1, 0.15) is 0 Å². The molecule has 0 aliphatic heterocycles. The van der Waals surface area contributed by atoms with Gasteiger partial charge < -0.3 is 9.84 Å². The van der Waals surface area contributed by atoms with E-state index in [0.717, 1.165) is 7.11 Å². The van der Waals surface area contributed by atoms with Gasteiger partial charge in [-0.3, -0.25) is 4.79 Å². The summed E-state index contributed by atoms with van der Waals surface area (Å²) in [6.45, 7) is 0. The third-order valence-corrected chi connectivity index (χ3v) is 3.43. The van der Waals surface area contributed by atoms with Crippen molar-refractivity contribution in [3.63, 3.8) is 0 Å². The highest BCUT2D eigenvalue weighted by molar-refractivity contribution is 5.84. The molecule has 1 saturated carbocycles. The molecule has 2 rings (SSSR count). The SMILES string of the molecule is COc1c(F)cc(F)c(F)c1C1(C(=O)O)CCC1. The quantitative estimate of drug-likeness (QED) is 0.850. The maximum Gasteiger partial charge on any atom is 0.314 e. The number of carboxylic acids is 1. The van der Waals surface area contributed by atoms with Crippen LogP contribution in [0.3, 0.4) is 0 Å². The van der Waals surface area contributed by atoms with Crippen LogP contribution in [0, 0.1) is 17.5 Å². The Morgan fingerprint density at radius 2 is 1.94 bits per heavy atom. The molecule has 0 spiro atoms. The number of methoxy groups -OCH3 is 1. The lowest BCUT2D eigenvalue weighted by Gasteiger charge is -2.38. The Bertz CT molecular complexity index is 510. The van der Waals surface area contributed by atoms with Crippen LogP contribution >= 0.6 is 0 Å². The predicted molar refractivity (Wildman–Crippen MR) is 56.0 cm³/mol. The van der Waals surface area contributed by atoms with E-state index in [0.29, 0.717) is 12.5 Å². The topological polar surface area (TPSA) is 46.5 Å². The summed E-state index contributed by atoms with van der Waals surface area (Å²) in [6, 6.07) is 0.353. The zero-order valence-electron chi connectivity index (χ0n) is 9.60. The number of halogens is 3. The van der Waals surface area contributed by atoms with E-state index >= 15 is 0 Å². The van der Waals surface area contributed by atoms with Gasteiger partial charge in [-0.05, 0) is 12.8 Å². The van der Waals surface area contributed by atoms with Crippen molar-refractivity contribution in [2.24, 2.45) is 0 Å². The molecule has 0 radical (unpaired) electrons. The molecule has 0 heterocycles. The van der Waals surface area contributed by atoms with Crippen LogP contribution in [0.2, 0.25) is 0 Å². The van der Waals surface area contributed by atoms with Crippen LogP contribution in [0.25, 0.3) is 0 Å². The lowest BCUT2D eigenvalue weighted by Crippen LogP contribution is -2.43. The molecule has 0 atom stereocenters. The summed E-state index contributed by atoms with van der Waals surface area (Å²) in [5, 5.41) is 9.20. The third-order valence-electron chi connectivity index (χ3n) is 3.43. The van der Waals surface area contributed by atoms with E-state index in [4.69, 9.17) is 4.74 Å². The van der Waals surface area contributed by atoms with Crippen molar-refractivity contribution < 1.29 is 27.8 Å². The molecule has 0 amide bonds. The molecule has 98 valence electrons. The fraction of sp³-hybridized carbons (Fsp3) is 0.417. The Kier molecular flexibility index (Phi) is 2.96. The first-order valence-electron chi connectivity index (χ1n) is 5.39. The Hall–Kier alpha value is -1.72. The Labute approximate surface area is 101 Å². The van der Waals surface area contributed by atoms with Crippen molar-refractivity contribution in [3.05, 3.63) is 29.1 Å². The first-order chi connectivity index (χ1) is 8.44. The van der Waals surface area contributed by atoms with E-state index in [9.17, 15) is 23.1 Å². The fourth-order valence-electron chi connectivity index (χ4n) is 2.31. The summed E-state index contributed by atoms with van der Waals surface area (Å²) in [4.78, 5) is 11.3. The lowest BCUT2D eigenvalue weighted by molar-refractivity contribution is -0.147. The van der Waals surface area contributed by atoms with Gasteiger partial charge in [0, 0.05) is 6.07 Å². The van der Waals surface area contributed by atoms with E-state index in [1.807, 2.05) is 0 Å². The molecule has 6 heteroatoms. The van der Waals surface area contributed by atoms with Crippen LogP contribution in [0.1, 0.15) is 24.8 Å². The van der Waals surface area contributed by atoms with Crippen LogP contribution in [-0.4, -0.2) is 18.2 Å². The summed E-state index contributed by atoms with van der Waals surface area (Å²) in [5.41, 5.74) is -2.11. The highest BCUT2D eigenvalue weighted by atomic mass is 19.2. The molecule has 1 aromatic rings. The summed E-state index contributed by atoms with van der Waals surface area (Å²) in [5.74, 6) is -5.68. The summed E-state index contributed by atoms with van der Waals surface area (Å²) in [6.07, 6.45) is 0.837. The van der Waals surface area contributed by atoms with Gasteiger partial charge in [-0.25, -0.2) is 13.2 Å². The Balaban J connectivity index is 2.72. The van der Waals surface area contributed by atoms with Gasteiger partial charge >= 0.3 is 5.97 Å². The second-order valence-electron chi connectivity index (χ2n) is 4.30. The fourth-order valence-corrected chi connectivity index (χ4v) is 2.31. The minimum absolute atomic E-state index is 0.137. The molecule has 0 bridgehead atoms. The molecule has 0 unspecified atom stereocenters. The van der Waals surface area contributed by atoms with Gasteiger partial charge in [0.25, 0.3) is 0 Å². The highest BCUT2D eigenvalue weighted by Gasteiger charge is 2.50. The van der Waals surface area contributed by atoms with Crippen molar-refractivity contribution in [2.75, 3.05) is 7.11 Å². The normalized spacial score (nSPS) is 17.1. The van der Waals surface area contributed by atoms with Crippen molar-refractivity contribution in [1.82, 2.24) is 0 Å². The monoisotopic (exact) mass is 260 g/mol. The zero-order valence-corrected chi connectivity index (χ0v) is 9.60. The minimum atomic E-state index is -1.58. The van der Waals surface area contributed by atoms with Crippen molar-refractivity contribution in [3.8, 4) is 5.75 Å². The number of carbonyl (C=O) groups is 1. The zero-order chi connectivity index (χ0) is 13.5. The van der Waals surface area contributed by atoms with Gasteiger partial charge in [0.2, 0.25) is 0 Å². The Morgan fingerprint density at radius 3 is 2.33 bits per heavy atom. The largest absolute Gasteiger partial charge is 0.493 e. The van der Waals surface area contributed by atoms with Crippen LogP contribution < -0.4 is 4.74 Å². The van der Waals surface area contributed by atoms with E-state index in [1.165, 1.54) is 0 Å². The van der Waals surface area contributed by atoms with Crippen molar-refractivity contribution >= 4 is 5.97 Å². The van der Waals surface area contributed by atoms with E-state index < -0.39 is 40.1 Å². The number of carboxylic acid groups (broad SMARTS) is 1. The maximum atomic E-state index is 13.8. The Morgan fingerprint density at radius 1 is 1.33 bits per heavy atom. The summed E-state index contributed by atoms with van der Waals surface area (Å²) in [7, 11) is 1.09. The number of hydrogen-bond donors (Lipinski definition) is 1.